The fourth-order valence-electron chi connectivity index (χ4n) is 2.85. The first kappa shape index (κ1) is 16.1. The maximum Gasteiger partial charge on any atom is 0.240 e. The molecule has 0 aliphatic carbocycles. The van der Waals surface area contributed by atoms with Crippen LogP contribution in [0.4, 0.5) is 0 Å². The number of hydrogen-bond donors (Lipinski definition) is 0. The Kier molecular flexibility index (Phi) is 5.08. The number of piperidine rings is 1. The second-order valence-electron chi connectivity index (χ2n) is 5.70. The van der Waals surface area contributed by atoms with E-state index in [-0.39, 0.29) is 11.7 Å². The number of carbonyl (C=O) groups excluding carboxylic acids is 1. The smallest absolute Gasteiger partial charge is 0.240 e. The van der Waals surface area contributed by atoms with Gasteiger partial charge in [-0.3, -0.25) is 4.79 Å². The predicted molar refractivity (Wildman–Crippen MR) is 82.8 cm³/mol. The standard InChI is InChI=1S/C15H24N2O3S/c1-3-12-21(19,20)13(2)15(18)17-10-6-14(7-11-17)16-8-4-5-9-16/h4-5,8-9,13-14H,3,6-7,10-12H2,1-2H3. The maximum absolute atomic E-state index is 12.4. The molecule has 0 aromatic carbocycles. The molecule has 21 heavy (non-hydrogen) atoms. The average Bonchev–Trinajstić information content (AvgIpc) is 3.00. The highest BCUT2D eigenvalue weighted by Crippen LogP contribution is 2.23. The van der Waals surface area contributed by atoms with Crippen molar-refractivity contribution in [3.8, 4) is 0 Å². The van der Waals surface area contributed by atoms with E-state index in [2.05, 4.69) is 4.57 Å². The molecule has 0 saturated carbocycles. The molecular weight excluding hydrogens is 288 g/mol. The Morgan fingerprint density at radius 2 is 1.81 bits per heavy atom. The zero-order valence-corrected chi connectivity index (χ0v) is 13.6. The van der Waals surface area contributed by atoms with Crippen LogP contribution in [0.15, 0.2) is 24.5 Å². The van der Waals surface area contributed by atoms with E-state index in [1.54, 1.807) is 4.90 Å². The molecule has 5 nitrogen and oxygen atoms in total. The Balaban J connectivity index is 1.94. The van der Waals surface area contributed by atoms with Gasteiger partial charge in [0.05, 0.1) is 5.75 Å². The molecule has 1 atom stereocenters. The van der Waals surface area contributed by atoms with Crippen LogP contribution in [0.25, 0.3) is 0 Å². The molecule has 0 radical (unpaired) electrons. The molecule has 0 bridgehead atoms. The van der Waals surface area contributed by atoms with Crippen molar-refractivity contribution in [1.82, 2.24) is 9.47 Å². The quantitative estimate of drug-likeness (QED) is 0.834. The number of aromatic nitrogens is 1. The zero-order valence-electron chi connectivity index (χ0n) is 12.7. The van der Waals surface area contributed by atoms with Gasteiger partial charge in [0.15, 0.2) is 9.84 Å². The number of amides is 1. The normalized spacial score (nSPS) is 18.7. The fraction of sp³-hybridized carbons (Fsp3) is 0.667. The third-order valence-electron chi connectivity index (χ3n) is 4.20. The second kappa shape index (κ2) is 6.64. The average molecular weight is 312 g/mol. The largest absolute Gasteiger partial charge is 0.351 e. The van der Waals surface area contributed by atoms with Crippen LogP contribution in [0.1, 0.15) is 39.2 Å². The number of hydrogen-bond acceptors (Lipinski definition) is 3. The van der Waals surface area contributed by atoms with Crippen molar-refractivity contribution in [3.63, 3.8) is 0 Å². The van der Waals surface area contributed by atoms with E-state index in [4.69, 9.17) is 0 Å². The first-order chi connectivity index (χ1) is 9.95. The SMILES string of the molecule is CCCS(=O)(=O)C(C)C(=O)N1CCC(n2cccc2)CC1. The van der Waals surface area contributed by atoms with E-state index in [9.17, 15) is 13.2 Å². The molecule has 2 rings (SSSR count). The van der Waals surface area contributed by atoms with E-state index in [0.29, 0.717) is 25.6 Å². The summed E-state index contributed by atoms with van der Waals surface area (Å²) in [5, 5.41) is -0.916. The molecule has 1 saturated heterocycles. The van der Waals surface area contributed by atoms with Gasteiger partial charge in [0, 0.05) is 31.5 Å². The molecule has 1 unspecified atom stereocenters. The number of rotatable bonds is 5. The Labute approximate surface area is 126 Å². The third kappa shape index (κ3) is 3.67. The summed E-state index contributed by atoms with van der Waals surface area (Å²) < 4.78 is 26.2. The summed E-state index contributed by atoms with van der Waals surface area (Å²) in [5.74, 6) is -0.158. The summed E-state index contributed by atoms with van der Waals surface area (Å²) in [6.07, 6.45) is 6.38. The summed E-state index contributed by atoms with van der Waals surface area (Å²) in [6, 6.07) is 4.40. The topological polar surface area (TPSA) is 59.4 Å². The number of likely N-dealkylation sites (tertiary alicyclic amines) is 1. The van der Waals surface area contributed by atoms with Gasteiger partial charge in [-0.2, -0.15) is 0 Å². The van der Waals surface area contributed by atoms with Crippen molar-refractivity contribution in [1.29, 1.82) is 0 Å². The van der Waals surface area contributed by atoms with E-state index in [1.807, 2.05) is 31.5 Å². The summed E-state index contributed by atoms with van der Waals surface area (Å²) in [5.41, 5.74) is 0. The Morgan fingerprint density at radius 1 is 1.24 bits per heavy atom. The lowest BCUT2D eigenvalue weighted by Crippen LogP contribution is -2.46. The minimum Gasteiger partial charge on any atom is -0.351 e. The molecule has 0 spiro atoms. The number of carbonyl (C=O) groups is 1. The van der Waals surface area contributed by atoms with E-state index in [1.165, 1.54) is 6.92 Å². The molecule has 1 amide bonds. The first-order valence-corrected chi connectivity index (χ1v) is 9.30. The lowest BCUT2D eigenvalue weighted by atomic mass is 10.0. The highest BCUT2D eigenvalue weighted by Gasteiger charge is 2.32. The highest BCUT2D eigenvalue weighted by molar-refractivity contribution is 7.92. The summed E-state index contributed by atoms with van der Waals surface area (Å²) >= 11 is 0. The lowest BCUT2D eigenvalue weighted by Gasteiger charge is -2.34. The molecule has 1 aromatic heterocycles. The van der Waals surface area contributed by atoms with Crippen LogP contribution < -0.4 is 0 Å². The Bertz CT molecular complexity index is 558. The maximum atomic E-state index is 12.4. The van der Waals surface area contributed by atoms with Crippen LogP contribution in [0.3, 0.4) is 0 Å². The van der Waals surface area contributed by atoms with Gasteiger partial charge in [0.1, 0.15) is 5.25 Å². The summed E-state index contributed by atoms with van der Waals surface area (Å²) in [6.45, 7) is 4.60. The van der Waals surface area contributed by atoms with E-state index in [0.717, 1.165) is 12.8 Å². The van der Waals surface area contributed by atoms with Crippen LogP contribution in [0.5, 0.6) is 0 Å². The number of nitrogens with zero attached hydrogens (tertiary/aromatic N) is 2. The van der Waals surface area contributed by atoms with Gasteiger partial charge < -0.3 is 9.47 Å². The van der Waals surface area contributed by atoms with Crippen LogP contribution in [-0.4, -0.2) is 47.9 Å². The van der Waals surface area contributed by atoms with Crippen molar-refractivity contribution < 1.29 is 13.2 Å². The van der Waals surface area contributed by atoms with Gasteiger partial charge in [-0.1, -0.05) is 6.92 Å². The monoisotopic (exact) mass is 312 g/mol. The van der Waals surface area contributed by atoms with Crippen molar-refractivity contribution in [2.45, 2.75) is 44.4 Å². The summed E-state index contributed by atoms with van der Waals surface area (Å²) in [4.78, 5) is 14.1. The van der Waals surface area contributed by atoms with E-state index < -0.39 is 15.1 Å². The van der Waals surface area contributed by atoms with Crippen LogP contribution in [0, 0.1) is 0 Å². The lowest BCUT2D eigenvalue weighted by molar-refractivity contribution is -0.131. The van der Waals surface area contributed by atoms with Crippen molar-refractivity contribution >= 4 is 15.7 Å². The molecule has 1 fully saturated rings. The van der Waals surface area contributed by atoms with E-state index >= 15 is 0 Å². The van der Waals surface area contributed by atoms with Crippen molar-refractivity contribution in [2.75, 3.05) is 18.8 Å². The minimum absolute atomic E-state index is 0.0831. The first-order valence-electron chi connectivity index (χ1n) is 7.58. The number of sulfone groups is 1. The molecule has 6 heteroatoms. The second-order valence-corrected chi connectivity index (χ2v) is 8.14. The van der Waals surface area contributed by atoms with Crippen molar-refractivity contribution in [3.05, 3.63) is 24.5 Å². The third-order valence-corrected chi connectivity index (χ3v) is 6.46. The van der Waals surface area contributed by atoms with Gasteiger partial charge >= 0.3 is 0 Å². The molecule has 1 aromatic rings. The molecule has 1 aliphatic rings. The minimum atomic E-state index is -3.31. The predicted octanol–water partition coefficient (Wildman–Crippen LogP) is 1.86. The van der Waals surface area contributed by atoms with Crippen LogP contribution >= 0.6 is 0 Å². The molecule has 118 valence electrons. The molecule has 2 heterocycles. The van der Waals surface area contributed by atoms with Gasteiger partial charge in [-0.05, 0) is 38.3 Å². The highest BCUT2D eigenvalue weighted by atomic mass is 32.2. The molecule has 1 aliphatic heterocycles. The molecule has 0 N–H and O–H groups in total. The van der Waals surface area contributed by atoms with Crippen LogP contribution in [-0.2, 0) is 14.6 Å². The zero-order chi connectivity index (χ0) is 15.5. The van der Waals surface area contributed by atoms with Crippen LogP contribution in [0.2, 0.25) is 0 Å². The molecular formula is C15H24N2O3S. The fourth-order valence-corrected chi connectivity index (χ4v) is 4.23. The van der Waals surface area contributed by atoms with Gasteiger partial charge in [-0.25, -0.2) is 8.42 Å². The Hall–Kier alpha value is -1.30. The summed E-state index contributed by atoms with van der Waals surface area (Å²) in [7, 11) is -3.31. The van der Waals surface area contributed by atoms with Crippen molar-refractivity contribution in [2.24, 2.45) is 0 Å². The van der Waals surface area contributed by atoms with Gasteiger partial charge in [0.2, 0.25) is 5.91 Å². The van der Waals surface area contributed by atoms with Gasteiger partial charge in [0.25, 0.3) is 0 Å². The van der Waals surface area contributed by atoms with Gasteiger partial charge in [-0.15, -0.1) is 0 Å². The Morgan fingerprint density at radius 3 is 2.33 bits per heavy atom.